The highest BCUT2D eigenvalue weighted by atomic mass is 35.5. The van der Waals surface area contributed by atoms with Crippen molar-refractivity contribution >= 4 is 30.7 Å². The maximum absolute atomic E-state index is 13.1. The third kappa shape index (κ3) is 5.36. The molecule has 0 bridgehead atoms. The Labute approximate surface area is 188 Å². The molecule has 0 spiro atoms. The highest BCUT2D eigenvalue weighted by molar-refractivity contribution is 5.92. The molecule has 7 nitrogen and oxygen atoms in total. The van der Waals surface area contributed by atoms with Gasteiger partial charge >= 0.3 is 0 Å². The third-order valence-electron chi connectivity index (χ3n) is 5.08. The van der Waals surface area contributed by atoms with Crippen molar-refractivity contribution in [1.29, 1.82) is 0 Å². The third-order valence-corrected chi connectivity index (χ3v) is 5.08. The summed E-state index contributed by atoms with van der Waals surface area (Å²) in [5.74, 6) is -0.0849. The lowest BCUT2D eigenvalue weighted by Crippen LogP contribution is -2.48. The molecule has 1 N–H and O–H groups in total. The molecule has 2 aromatic heterocycles. The Morgan fingerprint density at radius 1 is 1.17 bits per heavy atom. The molecule has 4 rings (SSSR count). The van der Waals surface area contributed by atoms with Gasteiger partial charge in [-0.1, -0.05) is 42.5 Å². The molecule has 9 heteroatoms. The standard InChI is InChI=1S/C21H24N6O.2ClH/c1-2-16-6-8-17(9-7-16)20-13-22-11-12-27(20)21(28)19-15-26(25-24-19)14-18-5-3-4-10-23-18;;/h3-10,15,20,22H,2,11-14H2,1H3;2*1H. The Morgan fingerprint density at radius 2 is 1.97 bits per heavy atom. The van der Waals surface area contributed by atoms with Gasteiger partial charge in [0.2, 0.25) is 0 Å². The first-order valence-corrected chi connectivity index (χ1v) is 9.65. The predicted molar refractivity (Wildman–Crippen MR) is 120 cm³/mol. The van der Waals surface area contributed by atoms with E-state index in [1.807, 2.05) is 23.1 Å². The molecule has 1 amide bonds. The number of halogens is 2. The van der Waals surface area contributed by atoms with Crippen molar-refractivity contribution in [3.05, 3.63) is 77.4 Å². The second-order valence-electron chi connectivity index (χ2n) is 6.94. The number of benzene rings is 1. The van der Waals surface area contributed by atoms with Crippen LogP contribution in [0.2, 0.25) is 0 Å². The molecule has 1 aromatic carbocycles. The summed E-state index contributed by atoms with van der Waals surface area (Å²) in [4.78, 5) is 19.3. The van der Waals surface area contributed by atoms with Gasteiger partial charge in [0.15, 0.2) is 5.69 Å². The number of hydrogen-bond acceptors (Lipinski definition) is 5. The van der Waals surface area contributed by atoms with Crippen LogP contribution >= 0.6 is 24.8 Å². The van der Waals surface area contributed by atoms with Gasteiger partial charge in [-0.15, -0.1) is 29.9 Å². The SMILES string of the molecule is CCc1ccc(C2CNCCN2C(=O)c2cn(Cc3ccccn3)nn2)cc1.Cl.Cl. The Hall–Kier alpha value is -2.48. The van der Waals surface area contributed by atoms with Gasteiger partial charge in [0.05, 0.1) is 24.5 Å². The highest BCUT2D eigenvalue weighted by Gasteiger charge is 2.30. The zero-order valence-electron chi connectivity index (χ0n) is 16.8. The molecule has 30 heavy (non-hydrogen) atoms. The molecular weight excluding hydrogens is 423 g/mol. The Morgan fingerprint density at radius 3 is 2.67 bits per heavy atom. The molecule has 1 aliphatic rings. The second kappa shape index (κ2) is 11.1. The maximum atomic E-state index is 13.1. The summed E-state index contributed by atoms with van der Waals surface area (Å²) in [6.07, 6.45) is 4.45. The number of hydrogen-bond donors (Lipinski definition) is 1. The van der Waals surface area contributed by atoms with Gasteiger partial charge in [-0.05, 0) is 29.7 Å². The first-order chi connectivity index (χ1) is 13.7. The lowest BCUT2D eigenvalue weighted by Gasteiger charge is -2.36. The van der Waals surface area contributed by atoms with Gasteiger partial charge in [-0.25, -0.2) is 4.68 Å². The van der Waals surface area contributed by atoms with Gasteiger partial charge < -0.3 is 10.2 Å². The average Bonchev–Trinajstić information content (AvgIpc) is 3.22. The maximum Gasteiger partial charge on any atom is 0.276 e. The van der Waals surface area contributed by atoms with Gasteiger partial charge in [0, 0.05) is 25.8 Å². The van der Waals surface area contributed by atoms with Gasteiger partial charge in [-0.3, -0.25) is 9.78 Å². The largest absolute Gasteiger partial charge is 0.328 e. The summed E-state index contributed by atoms with van der Waals surface area (Å²) in [7, 11) is 0. The second-order valence-corrected chi connectivity index (χ2v) is 6.94. The minimum Gasteiger partial charge on any atom is -0.328 e. The molecule has 1 fully saturated rings. The van der Waals surface area contributed by atoms with Crippen molar-refractivity contribution in [3.63, 3.8) is 0 Å². The van der Waals surface area contributed by atoms with Crippen LogP contribution < -0.4 is 5.32 Å². The molecule has 3 heterocycles. The van der Waals surface area contributed by atoms with E-state index >= 15 is 0 Å². The number of aromatic nitrogens is 4. The smallest absolute Gasteiger partial charge is 0.276 e. The van der Waals surface area contributed by atoms with Crippen LogP contribution in [0.1, 0.15) is 40.3 Å². The molecule has 0 radical (unpaired) electrons. The minimum absolute atomic E-state index is 0. The van der Waals surface area contributed by atoms with E-state index in [2.05, 4.69) is 51.8 Å². The molecular formula is C21H26Cl2N6O. The van der Waals surface area contributed by atoms with E-state index in [9.17, 15) is 4.79 Å². The Kier molecular flexibility index (Phi) is 8.77. The fourth-order valence-electron chi connectivity index (χ4n) is 3.50. The number of piperazine rings is 1. The van der Waals surface area contributed by atoms with Crippen LogP contribution in [0.4, 0.5) is 0 Å². The van der Waals surface area contributed by atoms with Crippen molar-refractivity contribution in [2.24, 2.45) is 0 Å². The van der Waals surface area contributed by atoms with Gasteiger partial charge in [0.25, 0.3) is 5.91 Å². The van der Waals surface area contributed by atoms with Crippen molar-refractivity contribution in [1.82, 2.24) is 30.2 Å². The van der Waals surface area contributed by atoms with E-state index in [1.165, 1.54) is 5.56 Å². The summed E-state index contributed by atoms with van der Waals surface area (Å²) in [5, 5.41) is 11.6. The molecule has 1 saturated heterocycles. The average molecular weight is 449 g/mol. The normalized spacial score (nSPS) is 15.8. The van der Waals surface area contributed by atoms with Crippen LogP contribution in [0.3, 0.4) is 0 Å². The van der Waals surface area contributed by atoms with E-state index in [-0.39, 0.29) is 36.8 Å². The van der Waals surface area contributed by atoms with Crippen LogP contribution in [-0.4, -0.2) is 50.4 Å². The van der Waals surface area contributed by atoms with Crippen molar-refractivity contribution in [2.75, 3.05) is 19.6 Å². The van der Waals surface area contributed by atoms with Crippen molar-refractivity contribution in [2.45, 2.75) is 25.9 Å². The summed E-state index contributed by atoms with van der Waals surface area (Å²) >= 11 is 0. The zero-order chi connectivity index (χ0) is 19.3. The zero-order valence-corrected chi connectivity index (χ0v) is 18.4. The fraction of sp³-hybridized carbons (Fsp3) is 0.333. The molecule has 1 unspecified atom stereocenters. The number of nitrogens with one attached hydrogen (secondary N) is 1. The van der Waals surface area contributed by atoms with Crippen LogP contribution in [0.15, 0.2) is 54.9 Å². The van der Waals surface area contributed by atoms with Gasteiger partial charge in [0.1, 0.15) is 0 Å². The number of aryl methyl sites for hydroxylation is 1. The topological polar surface area (TPSA) is 75.9 Å². The lowest BCUT2D eigenvalue weighted by molar-refractivity contribution is 0.0628. The Bertz CT molecular complexity index is 932. The van der Waals surface area contributed by atoms with E-state index in [1.54, 1.807) is 17.1 Å². The minimum atomic E-state index is -0.0849. The summed E-state index contributed by atoms with van der Waals surface area (Å²) in [6.45, 7) is 4.79. The summed E-state index contributed by atoms with van der Waals surface area (Å²) in [5.41, 5.74) is 3.68. The molecule has 1 atom stereocenters. The molecule has 3 aromatic rings. The lowest BCUT2D eigenvalue weighted by atomic mass is 10.0. The number of carbonyl (C=O) groups is 1. The number of rotatable bonds is 5. The molecule has 1 aliphatic heterocycles. The highest BCUT2D eigenvalue weighted by Crippen LogP contribution is 2.24. The first kappa shape index (κ1) is 23.8. The summed E-state index contributed by atoms with van der Waals surface area (Å²) in [6, 6.07) is 14.2. The number of pyridine rings is 1. The van der Waals surface area contributed by atoms with Gasteiger partial charge in [-0.2, -0.15) is 0 Å². The first-order valence-electron chi connectivity index (χ1n) is 9.65. The number of carbonyl (C=O) groups excluding carboxylic acids is 1. The van der Waals surface area contributed by atoms with E-state index in [0.717, 1.165) is 30.8 Å². The van der Waals surface area contributed by atoms with E-state index in [0.29, 0.717) is 18.8 Å². The van der Waals surface area contributed by atoms with Crippen molar-refractivity contribution in [3.8, 4) is 0 Å². The quantitative estimate of drug-likeness (QED) is 0.649. The number of nitrogens with zero attached hydrogens (tertiary/aromatic N) is 5. The van der Waals surface area contributed by atoms with Crippen LogP contribution in [-0.2, 0) is 13.0 Å². The number of amides is 1. The fourth-order valence-corrected chi connectivity index (χ4v) is 3.50. The molecule has 160 valence electrons. The Balaban J connectivity index is 0.00000160. The van der Waals surface area contributed by atoms with Crippen LogP contribution in [0.25, 0.3) is 0 Å². The van der Waals surface area contributed by atoms with Crippen molar-refractivity contribution < 1.29 is 4.79 Å². The summed E-state index contributed by atoms with van der Waals surface area (Å²) < 4.78 is 1.66. The molecule has 0 aliphatic carbocycles. The van der Waals surface area contributed by atoms with E-state index < -0.39 is 0 Å². The van der Waals surface area contributed by atoms with Crippen LogP contribution in [0, 0.1) is 0 Å². The van der Waals surface area contributed by atoms with E-state index in [4.69, 9.17) is 0 Å². The predicted octanol–water partition coefficient (Wildman–Crippen LogP) is 2.91. The monoisotopic (exact) mass is 448 g/mol. The van der Waals surface area contributed by atoms with Crippen LogP contribution in [0.5, 0.6) is 0 Å². The molecule has 0 saturated carbocycles.